The molecule has 1 saturated heterocycles. The van der Waals surface area contributed by atoms with E-state index in [9.17, 15) is 19.2 Å². The zero-order valence-corrected chi connectivity index (χ0v) is 16.7. The van der Waals surface area contributed by atoms with Crippen LogP contribution in [0.1, 0.15) is 43.2 Å². The molecule has 158 valence electrons. The maximum Gasteiger partial charge on any atom is 0.344 e. The number of hydrogen-bond acceptors (Lipinski definition) is 6. The summed E-state index contributed by atoms with van der Waals surface area (Å²) in [4.78, 5) is 49.1. The first-order valence-electron chi connectivity index (χ1n) is 9.96. The van der Waals surface area contributed by atoms with Crippen molar-refractivity contribution in [3.63, 3.8) is 0 Å². The maximum absolute atomic E-state index is 12.6. The molecule has 1 aromatic carbocycles. The summed E-state index contributed by atoms with van der Waals surface area (Å²) in [5.74, 6) is -1.84. The third-order valence-corrected chi connectivity index (χ3v) is 5.62. The van der Waals surface area contributed by atoms with E-state index >= 15 is 0 Å². The van der Waals surface area contributed by atoms with Gasteiger partial charge in [-0.1, -0.05) is 31.4 Å². The van der Waals surface area contributed by atoms with Crippen LogP contribution in [0.15, 0.2) is 28.9 Å². The Balaban J connectivity index is 1.30. The number of aryl methyl sites for hydroxylation is 1. The van der Waals surface area contributed by atoms with Crippen molar-refractivity contribution in [2.75, 3.05) is 6.61 Å². The molecule has 1 aromatic heterocycles. The number of imide groups is 1. The Morgan fingerprint density at radius 1 is 1.23 bits per heavy atom. The van der Waals surface area contributed by atoms with Crippen LogP contribution < -0.4 is 10.7 Å². The lowest BCUT2D eigenvalue weighted by atomic mass is 9.82. The highest BCUT2D eigenvalue weighted by Crippen LogP contribution is 2.33. The van der Waals surface area contributed by atoms with Crippen molar-refractivity contribution in [2.45, 2.75) is 51.0 Å². The molecule has 2 heterocycles. The third-order valence-electron chi connectivity index (χ3n) is 5.62. The Bertz CT molecular complexity index is 1020. The van der Waals surface area contributed by atoms with Crippen LogP contribution in [0.4, 0.5) is 4.79 Å². The molecular formula is C21H23N3O6. The minimum Gasteiger partial charge on any atom is -0.464 e. The molecule has 0 bridgehead atoms. The summed E-state index contributed by atoms with van der Waals surface area (Å²) in [7, 11) is 0. The molecule has 1 saturated carbocycles. The summed E-state index contributed by atoms with van der Waals surface area (Å²) >= 11 is 0. The second kappa shape index (κ2) is 7.81. The molecule has 1 spiro atoms. The maximum atomic E-state index is 12.6. The summed E-state index contributed by atoms with van der Waals surface area (Å²) in [5, 5.41) is 4.19. The van der Waals surface area contributed by atoms with Crippen molar-refractivity contribution in [3.05, 3.63) is 35.6 Å². The number of amides is 4. The Morgan fingerprint density at radius 3 is 2.77 bits per heavy atom. The van der Waals surface area contributed by atoms with Crippen LogP contribution in [0.3, 0.4) is 0 Å². The Labute approximate surface area is 172 Å². The van der Waals surface area contributed by atoms with Gasteiger partial charge in [-0.2, -0.15) is 5.01 Å². The molecule has 4 rings (SSSR count). The van der Waals surface area contributed by atoms with Crippen molar-refractivity contribution < 1.29 is 28.3 Å². The molecule has 2 aromatic rings. The van der Waals surface area contributed by atoms with Crippen LogP contribution in [-0.4, -0.2) is 41.0 Å². The van der Waals surface area contributed by atoms with E-state index in [4.69, 9.17) is 9.15 Å². The summed E-state index contributed by atoms with van der Waals surface area (Å²) < 4.78 is 10.5. The van der Waals surface area contributed by atoms with Crippen LogP contribution >= 0.6 is 0 Å². The van der Waals surface area contributed by atoms with Gasteiger partial charge in [0.2, 0.25) is 0 Å². The summed E-state index contributed by atoms with van der Waals surface area (Å²) in [6.45, 7) is 1.34. The Morgan fingerprint density at radius 2 is 2.00 bits per heavy atom. The smallest absolute Gasteiger partial charge is 0.344 e. The lowest BCUT2D eigenvalue weighted by Crippen LogP contribution is -2.51. The monoisotopic (exact) mass is 413 g/mol. The molecule has 9 heteroatoms. The predicted molar refractivity (Wildman–Crippen MR) is 105 cm³/mol. The van der Waals surface area contributed by atoms with Gasteiger partial charge in [-0.15, -0.1) is 0 Å². The van der Waals surface area contributed by atoms with Gasteiger partial charge in [0.05, 0.1) is 12.7 Å². The van der Waals surface area contributed by atoms with E-state index < -0.39 is 36.0 Å². The second-order valence-electron chi connectivity index (χ2n) is 7.85. The summed E-state index contributed by atoms with van der Waals surface area (Å²) in [5.41, 5.74) is 3.67. The van der Waals surface area contributed by atoms with Crippen molar-refractivity contribution in [1.29, 1.82) is 0 Å². The average Bonchev–Trinajstić information content (AvgIpc) is 3.20. The minimum atomic E-state index is -0.931. The van der Waals surface area contributed by atoms with Gasteiger partial charge in [0.25, 0.3) is 11.8 Å². The van der Waals surface area contributed by atoms with Crippen LogP contribution in [-0.2, 0) is 25.5 Å². The fraction of sp³-hybridized carbons (Fsp3) is 0.429. The van der Waals surface area contributed by atoms with Crippen LogP contribution in [0.5, 0.6) is 0 Å². The van der Waals surface area contributed by atoms with Crippen molar-refractivity contribution in [2.24, 2.45) is 0 Å². The van der Waals surface area contributed by atoms with Crippen molar-refractivity contribution >= 4 is 34.8 Å². The molecule has 30 heavy (non-hydrogen) atoms. The van der Waals surface area contributed by atoms with Crippen LogP contribution in [0.2, 0.25) is 0 Å². The lowest BCUT2D eigenvalue weighted by Gasteiger charge is -2.30. The lowest BCUT2D eigenvalue weighted by molar-refractivity contribution is -0.150. The van der Waals surface area contributed by atoms with Gasteiger partial charge in [-0.25, -0.2) is 4.79 Å². The number of nitrogens with one attached hydrogen (secondary N) is 2. The number of nitrogens with zero attached hydrogens (tertiary/aromatic N) is 1. The Hall–Kier alpha value is -3.36. The van der Waals surface area contributed by atoms with Crippen LogP contribution in [0.25, 0.3) is 11.0 Å². The molecular weight excluding hydrogens is 390 g/mol. The van der Waals surface area contributed by atoms with Gasteiger partial charge in [-0.05, 0) is 31.4 Å². The average molecular weight is 413 g/mol. The summed E-state index contributed by atoms with van der Waals surface area (Å²) in [6, 6.07) is 4.98. The number of rotatable bonds is 5. The van der Waals surface area contributed by atoms with Gasteiger partial charge in [-0.3, -0.25) is 19.8 Å². The molecule has 1 aliphatic carbocycles. The van der Waals surface area contributed by atoms with E-state index in [0.717, 1.165) is 30.2 Å². The van der Waals surface area contributed by atoms with Crippen LogP contribution in [0, 0.1) is 6.92 Å². The molecule has 4 amide bonds. The third kappa shape index (κ3) is 3.74. The topological polar surface area (TPSA) is 118 Å². The number of hydrogen-bond donors (Lipinski definition) is 2. The number of esters is 1. The van der Waals surface area contributed by atoms with Gasteiger partial charge in [0, 0.05) is 10.9 Å². The van der Waals surface area contributed by atoms with E-state index in [-0.39, 0.29) is 6.42 Å². The first kappa shape index (κ1) is 19.9. The van der Waals surface area contributed by atoms with E-state index in [0.29, 0.717) is 29.0 Å². The molecule has 0 unspecified atom stereocenters. The fourth-order valence-corrected chi connectivity index (χ4v) is 4.05. The minimum absolute atomic E-state index is 0.0599. The number of benzene rings is 1. The normalized spacial score (nSPS) is 18.0. The second-order valence-corrected chi connectivity index (χ2v) is 7.85. The number of hydrazine groups is 1. The molecule has 2 fully saturated rings. The summed E-state index contributed by atoms with van der Waals surface area (Å²) in [6.07, 6.45) is 5.23. The van der Waals surface area contributed by atoms with Gasteiger partial charge < -0.3 is 14.5 Å². The van der Waals surface area contributed by atoms with Crippen molar-refractivity contribution in [3.8, 4) is 0 Å². The number of urea groups is 1. The highest BCUT2D eigenvalue weighted by molar-refractivity contribution is 6.08. The largest absolute Gasteiger partial charge is 0.464 e. The number of furan rings is 1. The van der Waals surface area contributed by atoms with E-state index in [1.165, 1.54) is 6.26 Å². The number of carbonyl (C=O) groups is 4. The van der Waals surface area contributed by atoms with E-state index in [1.807, 2.05) is 25.1 Å². The molecule has 2 N–H and O–H groups in total. The number of fused-ring (bicyclic) bond motifs is 1. The molecule has 2 aliphatic rings. The highest BCUT2D eigenvalue weighted by Gasteiger charge is 2.52. The zero-order valence-electron chi connectivity index (χ0n) is 16.7. The highest BCUT2D eigenvalue weighted by atomic mass is 16.5. The number of ether oxygens (including phenoxy) is 1. The molecule has 0 radical (unpaired) electrons. The Kier molecular flexibility index (Phi) is 5.19. The van der Waals surface area contributed by atoms with E-state index in [1.54, 1.807) is 0 Å². The molecule has 1 aliphatic heterocycles. The quantitative estimate of drug-likeness (QED) is 0.573. The van der Waals surface area contributed by atoms with Gasteiger partial charge >= 0.3 is 12.0 Å². The van der Waals surface area contributed by atoms with E-state index in [2.05, 4.69) is 10.7 Å². The standard InChI is InChI=1S/C21H23N3O6/c1-13-5-6-15-14(11-29-16(15)9-13)10-18(26)30-12-17(25)23-24-19(27)21(22-20(24)28)7-3-2-4-8-21/h5-6,9,11H,2-4,7-8,10,12H2,1H3,(H,22,28)(H,23,25). The predicted octanol–water partition coefficient (Wildman–Crippen LogP) is 2.11. The van der Waals surface area contributed by atoms with Gasteiger partial charge in [0.1, 0.15) is 11.1 Å². The first-order chi connectivity index (χ1) is 14.4. The van der Waals surface area contributed by atoms with Crippen molar-refractivity contribution in [1.82, 2.24) is 15.8 Å². The number of carbonyl (C=O) groups excluding carboxylic acids is 4. The first-order valence-corrected chi connectivity index (χ1v) is 9.96. The molecule has 9 nitrogen and oxygen atoms in total. The zero-order chi connectivity index (χ0) is 21.3. The fourth-order valence-electron chi connectivity index (χ4n) is 4.05. The SMILES string of the molecule is Cc1ccc2c(CC(=O)OCC(=O)NN3C(=O)NC4(CCCCC4)C3=O)coc2c1. The molecule has 0 atom stereocenters. The van der Waals surface area contributed by atoms with Gasteiger partial charge in [0.15, 0.2) is 6.61 Å².